The van der Waals surface area contributed by atoms with Crippen molar-refractivity contribution < 1.29 is 18.4 Å². The zero-order valence-electron chi connectivity index (χ0n) is 14.2. The molecule has 6 nitrogen and oxygen atoms in total. The lowest BCUT2D eigenvalue weighted by atomic mass is 10.2. The van der Waals surface area contributed by atoms with Gasteiger partial charge in [0, 0.05) is 23.5 Å². The van der Waals surface area contributed by atoms with E-state index in [2.05, 4.69) is 21.7 Å². The van der Waals surface area contributed by atoms with Gasteiger partial charge in [-0.3, -0.25) is 20.4 Å². The Labute approximate surface area is 154 Å². The molecule has 0 fully saturated rings. The molecule has 8 heteroatoms. The number of allylic oxidation sites excluding steroid dienone is 2. The van der Waals surface area contributed by atoms with Crippen LogP contribution in [0.1, 0.15) is 27.1 Å². The standard InChI is InChI=1S/C19H18F2N4O2/c20-16-8-4-14(5-9-16)18(26)24-22-12-2-1-3-13-23-25-19(27)15-6-10-17(21)11-7-15/h2-13,22-23H,1H2,(H,24,26)(H,25,27). The van der Waals surface area contributed by atoms with Crippen molar-refractivity contribution in [2.75, 3.05) is 0 Å². The van der Waals surface area contributed by atoms with Gasteiger partial charge in [-0.25, -0.2) is 8.78 Å². The highest BCUT2D eigenvalue weighted by atomic mass is 19.1. The third kappa shape index (κ3) is 6.99. The molecule has 140 valence electrons. The third-order valence-corrected chi connectivity index (χ3v) is 3.26. The van der Waals surface area contributed by atoms with Crippen LogP contribution in [-0.4, -0.2) is 11.8 Å². The number of hydrogen-bond acceptors (Lipinski definition) is 4. The van der Waals surface area contributed by atoms with Gasteiger partial charge in [0.25, 0.3) is 11.8 Å². The maximum Gasteiger partial charge on any atom is 0.269 e. The molecule has 0 aliphatic heterocycles. The molecule has 27 heavy (non-hydrogen) atoms. The topological polar surface area (TPSA) is 82.3 Å². The Bertz CT molecular complexity index is 749. The van der Waals surface area contributed by atoms with Crippen LogP contribution >= 0.6 is 0 Å². The summed E-state index contributed by atoms with van der Waals surface area (Å²) in [6.07, 6.45) is 7.04. The molecular weight excluding hydrogens is 354 g/mol. The van der Waals surface area contributed by atoms with Gasteiger partial charge in [-0.2, -0.15) is 0 Å². The summed E-state index contributed by atoms with van der Waals surface area (Å²) in [5.41, 5.74) is 10.7. The van der Waals surface area contributed by atoms with E-state index < -0.39 is 11.6 Å². The van der Waals surface area contributed by atoms with Crippen molar-refractivity contribution in [3.05, 3.63) is 95.8 Å². The van der Waals surface area contributed by atoms with E-state index in [1.807, 2.05) is 0 Å². The fraction of sp³-hybridized carbons (Fsp3) is 0.0526. The predicted molar refractivity (Wildman–Crippen MR) is 96.9 cm³/mol. The SMILES string of the molecule is O=C(NNC=CCC=CNNC(=O)c1ccc(F)cc1)c1ccc(F)cc1. The zero-order chi connectivity index (χ0) is 19.5. The Morgan fingerprint density at radius 3 is 1.44 bits per heavy atom. The van der Waals surface area contributed by atoms with E-state index in [-0.39, 0.29) is 11.8 Å². The van der Waals surface area contributed by atoms with Crippen molar-refractivity contribution in [1.29, 1.82) is 0 Å². The number of hydrogen-bond donors (Lipinski definition) is 4. The molecule has 2 aromatic rings. The summed E-state index contributed by atoms with van der Waals surface area (Å²) in [7, 11) is 0. The van der Waals surface area contributed by atoms with E-state index >= 15 is 0 Å². The van der Waals surface area contributed by atoms with Gasteiger partial charge in [0.05, 0.1) is 0 Å². The van der Waals surface area contributed by atoms with Gasteiger partial charge in [-0.15, -0.1) is 0 Å². The maximum atomic E-state index is 12.8. The van der Waals surface area contributed by atoms with Gasteiger partial charge in [0.1, 0.15) is 11.6 Å². The van der Waals surface area contributed by atoms with E-state index in [0.29, 0.717) is 17.5 Å². The first kappa shape index (κ1) is 19.6. The van der Waals surface area contributed by atoms with E-state index in [4.69, 9.17) is 0 Å². The second kappa shape index (κ2) is 10.3. The minimum atomic E-state index is -0.409. The molecule has 0 saturated carbocycles. The smallest absolute Gasteiger partial charge is 0.269 e. The van der Waals surface area contributed by atoms with Gasteiger partial charge in [-0.1, -0.05) is 12.2 Å². The molecule has 0 saturated heterocycles. The first-order chi connectivity index (χ1) is 13.1. The van der Waals surface area contributed by atoms with Crippen LogP contribution < -0.4 is 21.7 Å². The van der Waals surface area contributed by atoms with Crippen LogP contribution in [0.25, 0.3) is 0 Å². The number of nitrogens with one attached hydrogen (secondary N) is 4. The van der Waals surface area contributed by atoms with Gasteiger partial charge in [-0.05, 0) is 55.0 Å². The number of amides is 2. The molecule has 2 aromatic carbocycles. The van der Waals surface area contributed by atoms with Gasteiger partial charge < -0.3 is 10.9 Å². The van der Waals surface area contributed by atoms with Crippen LogP contribution in [0, 0.1) is 11.6 Å². The van der Waals surface area contributed by atoms with Crippen LogP contribution in [-0.2, 0) is 0 Å². The molecule has 2 amide bonds. The summed E-state index contributed by atoms with van der Waals surface area (Å²) in [6.45, 7) is 0. The Hall–Kier alpha value is -3.68. The highest BCUT2D eigenvalue weighted by Crippen LogP contribution is 2.02. The maximum absolute atomic E-state index is 12.8. The Kier molecular flexibility index (Phi) is 7.52. The summed E-state index contributed by atoms with van der Waals surface area (Å²) >= 11 is 0. The van der Waals surface area contributed by atoms with Crippen LogP contribution in [0.2, 0.25) is 0 Å². The lowest BCUT2D eigenvalue weighted by Gasteiger charge is -2.04. The number of carbonyl (C=O) groups is 2. The molecule has 2 rings (SSSR count). The fourth-order valence-electron chi connectivity index (χ4n) is 1.89. The van der Waals surface area contributed by atoms with E-state index in [1.54, 1.807) is 12.2 Å². The summed E-state index contributed by atoms with van der Waals surface area (Å²) in [5, 5.41) is 0. The number of rotatable bonds is 8. The van der Waals surface area contributed by atoms with Crippen molar-refractivity contribution in [3.63, 3.8) is 0 Å². The zero-order valence-corrected chi connectivity index (χ0v) is 14.2. The molecule has 0 unspecified atom stereocenters. The fourth-order valence-corrected chi connectivity index (χ4v) is 1.89. The number of hydrazine groups is 2. The molecule has 0 aliphatic rings. The van der Waals surface area contributed by atoms with Crippen LogP contribution in [0.15, 0.2) is 73.1 Å². The largest absolute Gasteiger partial charge is 0.306 e. The van der Waals surface area contributed by atoms with Crippen molar-refractivity contribution >= 4 is 11.8 Å². The summed E-state index contributed by atoms with van der Waals surface area (Å²) in [6, 6.07) is 10.3. The Morgan fingerprint density at radius 2 is 1.07 bits per heavy atom. The van der Waals surface area contributed by atoms with Crippen LogP contribution in [0.5, 0.6) is 0 Å². The van der Waals surface area contributed by atoms with Crippen molar-refractivity contribution in [1.82, 2.24) is 21.7 Å². The molecule has 0 bridgehead atoms. The molecule has 4 N–H and O–H groups in total. The quantitative estimate of drug-likeness (QED) is 0.537. The van der Waals surface area contributed by atoms with E-state index in [1.165, 1.54) is 60.9 Å². The number of benzene rings is 2. The molecule has 0 heterocycles. The monoisotopic (exact) mass is 372 g/mol. The molecule has 0 atom stereocenters. The third-order valence-electron chi connectivity index (χ3n) is 3.26. The van der Waals surface area contributed by atoms with Crippen LogP contribution in [0.3, 0.4) is 0 Å². The highest BCUT2D eigenvalue weighted by Gasteiger charge is 2.03. The average molecular weight is 372 g/mol. The van der Waals surface area contributed by atoms with Gasteiger partial charge >= 0.3 is 0 Å². The van der Waals surface area contributed by atoms with Gasteiger partial charge in [0.2, 0.25) is 0 Å². The minimum absolute atomic E-state index is 0.332. The number of halogens is 2. The highest BCUT2D eigenvalue weighted by molar-refractivity contribution is 5.94. The Morgan fingerprint density at radius 1 is 0.704 bits per heavy atom. The average Bonchev–Trinajstić information content (AvgIpc) is 2.67. The number of carbonyl (C=O) groups excluding carboxylic acids is 2. The molecule has 0 aromatic heterocycles. The Balaban J connectivity index is 1.60. The van der Waals surface area contributed by atoms with Crippen LogP contribution in [0.4, 0.5) is 8.78 Å². The van der Waals surface area contributed by atoms with E-state index in [0.717, 1.165) is 0 Å². The van der Waals surface area contributed by atoms with Gasteiger partial charge in [0.15, 0.2) is 0 Å². The van der Waals surface area contributed by atoms with E-state index in [9.17, 15) is 18.4 Å². The first-order valence-corrected chi connectivity index (χ1v) is 7.99. The lowest BCUT2D eigenvalue weighted by molar-refractivity contribution is 0.0933. The van der Waals surface area contributed by atoms with Crippen molar-refractivity contribution in [3.8, 4) is 0 Å². The molecule has 0 spiro atoms. The second-order valence-corrected chi connectivity index (χ2v) is 5.25. The lowest BCUT2D eigenvalue weighted by Crippen LogP contribution is -2.33. The normalized spacial score (nSPS) is 10.7. The summed E-state index contributed by atoms with van der Waals surface area (Å²) < 4.78 is 25.5. The summed E-state index contributed by atoms with van der Waals surface area (Å²) in [5.74, 6) is -1.59. The second-order valence-electron chi connectivity index (χ2n) is 5.25. The summed E-state index contributed by atoms with van der Waals surface area (Å²) in [4.78, 5) is 23.4. The molecular formula is C19H18F2N4O2. The minimum Gasteiger partial charge on any atom is -0.306 e. The molecule has 0 aliphatic carbocycles. The van der Waals surface area contributed by atoms with Crippen molar-refractivity contribution in [2.24, 2.45) is 0 Å². The predicted octanol–water partition coefficient (Wildman–Crippen LogP) is 2.55. The molecule has 0 radical (unpaired) electrons. The van der Waals surface area contributed by atoms with Crippen molar-refractivity contribution in [2.45, 2.75) is 6.42 Å². The first-order valence-electron chi connectivity index (χ1n) is 7.99.